The van der Waals surface area contributed by atoms with Crippen LogP contribution in [0.5, 0.6) is 0 Å². The summed E-state index contributed by atoms with van der Waals surface area (Å²) in [5, 5.41) is 0. The molecule has 11 heteroatoms. The van der Waals surface area contributed by atoms with Gasteiger partial charge in [-0.15, -0.1) is 0 Å². The minimum Gasteiger partial charge on any atom is -0.462 e. The molecule has 1 aromatic rings. The second-order valence-corrected chi connectivity index (χ2v) is 8.58. The molecule has 31 heavy (non-hydrogen) atoms. The topological polar surface area (TPSA) is 84.9 Å². The first kappa shape index (κ1) is 24.7. The lowest BCUT2D eigenvalue weighted by atomic mass is 10.00. The number of rotatable bonds is 4. The first-order valence-corrected chi connectivity index (χ1v) is 10.1. The van der Waals surface area contributed by atoms with E-state index < -0.39 is 35.1 Å². The number of ether oxygens (including phenoxy) is 2. The van der Waals surface area contributed by atoms with Crippen molar-refractivity contribution in [2.24, 2.45) is 5.92 Å². The van der Waals surface area contributed by atoms with E-state index in [1.807, 2.05) is 13.8 Å². The zero-order chi connectivity index (χ0) is 23.6. The highest BCUT2D eigenvalue weighted by atomic mass is 19.4. The predicted molar refractivity (Wildman–Crippen MR) is 107 cm³/mol. The number of hydrogen-bond donors (Lipinski definition) is 0. The van der Waals surface area contributed by atoms with E-state index in [4.69, 9.17) is 9.47 Å². The van der Waals surface area contributed by atoms with Gasteiger partial charge in [-0.05, 0) is 33.6 Å². The van der Waals surface area contributed by atoms with Gasteiger partial charge in [-0.25, -0.2) is 19.6 Å². The molecule has 1 aromatic heterocycles. The van der Waals surface area contributed by atoms with Crippen LogP contribution in [0, 0.1) is 5.92 Å². The molecule has 1 atom stereocenters. The van der Waals surface area contributed by atoms with Crippen molar-refractivity contribution in [1.29, 1.82) is 0 Å². The fraction of sp³-hybridized carbons (Fsp3) is 0.700. The van der Waals surface area contributed by atoms with E-state index in [-0.39, 0.29) is 44.1 Å². The van der Waals surface area contributed by atoms with Gasteiger partial charge in [-0.2, -0.15) is 13.2 Å². The first-order valence-electron chi connectivity index (χ1n) is 10.1. The molecule has 0 N–H and O–H groups in total. The minimum absolute atomic E-state index is 0.0205. The van der Waals surface area contributed by atoms with Crippen LogP contribution in [0.2, 0.25) is 0 Å². The highest BCUT2D eigenvalue weighted by molar-refractivity contribution is 5.90. The number of hydrogen-bond acceptors (Lipinski definition) is 7. The van der Waals surface area contributed by atoms with Crippen LogP contribution in [0.25, 0.3) is 0 Å². The molecule has 8 nitrogen and oxygen atoms in total. The van der Waals surface area contributed by atoms with Gasteiger partial charge in [0.05, 0.1) is 12.6 Å². The van der Waals surface area contributed by atoms with Crippen LogP contribution < -0.4 is 4.90 Å². The lowest BCUT2D eigenvalue weighted by Crippen LogP contribution is -2.58. The average molecular weight is 446 g/mol. The number of carbonyl (C=O) groups is 2. The quantitative estimate of drug-likeness (QED) is 0.651. The number of aromatic nitrogens is 2. The van der Waals surface area contributed by atoms with Crippen LogP contribution in [0.4, 0.5) is 23.9 Å². The Kier molecular flexibility index (Phi) is 7.38. The SMILES string of the molecule is CCOC(=O)c1cnc(N2CCN(C(=O)OC(C)(C)C)CC2C(C)C)nc1C(F)(F)F. The van der Waals surface area contributed by atoms with Crippen molar-refractivity contribution in [3.8, 4) is 0 Å². The van der Waals surface area contributed by atoms with Crippen molar-refractivity contribution >= 4 is 18.0 Å². The number of esters is 1. The van der Waals surface area contributed by atoms with E-state index in [1.165, 1.54) is 11.8 Å². The van der Waals surface area contributed by atoms with Gasteiger partial charge in [0.25, 0.3) is 0 Å². The maximum atomic E-state index is 13.6. The van der Waals surface area contributed by atoms with Crippen molar-refractivity contribution < 1.29 is 32.2 Å². The molecule has 1 amide bonds. The van der Waals surface area contributed by atoms with Gasteiger partial charge < -0.3 is 19.3 Å². The number of anilines is 1. The number of piperazine rings is 1. The molecule has 1 unspecified atom stereocenters. The van der Waals surface area contributed by atoms with Crippen molar-refractivity contribution in [3.63, 3.8) is 0 Å². The lowest BCUT2D eigenvalue weighted by molar-refractivity contribution is -0.141. The maximum Gasteiger partial charge on any atom is 0.434 e. The third kappa shape index (κ3) is 6.20. The molecule has 0 aliphatic carbocycles. The van der Waals surface area contributed by atoms with Crippen molar-refractivity contribution in [3.05, 3.63) is 17.5 Å². The molecule has 1 saturated heterocycles. The van der Waals surface area contributed by atoms with Gasteiger partial charge in [0.2, 0.25) is 5.95 Å². The molecule has 1 fully saturated rings. The second kappa shape index (κ2) is 9.27. The second-order valence-electron chi connectivity index (χ2n) is 8.58. The Morgan fingerprint density at radius 2 is 1.87 bits per heavy atom. The maximum absolute atomic E-state index is 13.6. The number of carbonyl (C=O) groups excluding carboxylic acids is 2. The van der Waals surface area contributed by atoms with Gasteiger partial charge in [0.15, 0.2) is 5.69 Å². The Morgan fingerprint density at radius 3 is 2.39 bits per heavy atom. The van der Waals surface area contributed by atoms with Crippen LogP contribution in [0.1, 0.15) is 57.6 Å². The van der Waals surface area contributed by atoms with Crippen molar-refractivity contribution in [2.45, 2.75) is 59.4 Å². The van der Waals surface area contributed by atoms with Crippen LogP contribution >= 0.6 is 0 Å². The summed E-state index contributed by atoms with van der Waals surface area (Å²) >= 11 is 0. The summed E-state index contributed by atoms with van der Waals surface area (Å²) in [7, 11) is 0. The molecule has 174 valence electrons. The first-order chi connectivity index (χ1) is 14.2. The summed E-state index contributed by atoms with van der Waals surface area (Å²) in [4.78, 5) is 35.3. The van der Waals surface area contributed by atoms with Gasteiger partial charge >= 0.3 is 18.2 Å². The molecule has 0 spiro atoms. The molecule has 2 heterocycles. The standard InChI is InChI=1S/C20H29F3N4O4/c1-7-30-16(28)13-10-24-17(25-15(13)20(21,22)23)27-9-8-26(11-14(27)12(2)3)18(29)31-19(4,5)6/h10,12,14H,7-9,11H2,1-6H3. The smallest absolute Gasteiger partial charge is 0.434 e. The van der Waals surface area contributed by atoms with E-state index in [0.717, 1.165) is 6.20 Å². The Bertz CT molecular complexity index is 809. The van der Waals surface area contributed by atoms with Crippen LogP contribution in [-0.2, 0) is 15.7 Å². The molecular weight excluding hydrogens is 417 g/mol. The minimum atomic E-state index is -4.86. The molecule has 2 rings (SSSR count). The summed E-state index contributed by atoms with van der Waals surface area (Å²) in [5.74, 6) is -1.30. The summed E-state index contributed by atoms with van der Waals surface area (Å²) in [6.07, 6.45) is -4.49. The normalized spacial score (nSPS) is 17.7. The highest BCUT2D eigenvalue weighted by Crippen LogP contribution is 2.33. The van der Waals surface area contributed by atoms with Gasteiger partial charge in [-0.1, -0.05) is 13.8 Å². The van der Waals surface area contributed by atoms with E-state index in [2.05, 4.69) is 9.97 Å². The summed E-state index contributed by atoms with van der Waals surface area (Å²) < 4.78 is 50.9. The zero-order valence-electron chi connectivity index (χ0n) is 18.6. The third-order valence-electron chi connectivity index (χ3n) is 4.64. The van der Waals surface area contributed by atoms with E-state index in [9.17, 15) is 22.8 Å². The van der Waals surface area contributed by atoms with Crippen molar-refractivity contribution in [1.82, 2.24) is 14.9 Å². The summed E-state index contributed by atoms with van der Waals surface area (Å²) in [5.41, 5.74) is -2.73. The van der Waals surface area contributed by atoms with Crippen LogP contribution in [0.3, 0.4) is 0 Å². The molecule has 0 radical (unpaired) electrons. The van der Waals surface area contributed by atoms with Crippen LogP contribution in [-0.4, -0.2) is 64.8 Å². The Morgan fingerprint density at radius 1 is 1.23 bits per heavy atom. The third-order valence-corrected chi connectivity index (χ3v) is 4.64. The number of nitrogens with zero attached hydrogens (tertiary/aromatic N) is 4. The monoisotopic (exact) mass is 446 g/mol. The largest absolute Gasteiger partial charge is 0.462 e. The molecule has 0 aromatic carbocycles. The van der Waals surface area contributed by atoms with E-state index >= 15 is 0 Å². The molecule has 1 aliphatic heterocycles. The van der Waals surface area contributed by atoms with Gasteiger partial charge in [-0.3, -0.25) is 0 Å². The van der Waals surface area contributed by atoms with E-state index in [1.54, 1.807) is 25.7 Å². The zero-order valence-corrected chi connectivity index (χ0v) is 18.6. The van der Waals surface area contributed by atoms with E-state index in [0.29, 0.717) is 0 Å². The molecule has 0 saturated carbocycles. The number of amides is 1. The lowest BCUT2D eigenvalue weighted by Gasteiger charge is -2.43. The Balaban J connectivity index is 2.34. The fourth-order valence-corrected chi connectivity index (χ4v) is 3.21. The summed E-state index contributed by atoms with van der Waals surface area (Å²) in [6, 6.07) is -0.337. The Hall–Kier alpha value is -2.59. The molecule has 0 bridgehead atoms. The Labute approximate surface area is 179 Å². The molecular formula is C20H29F3N4O4. The fourth-order valence-electron chi connectivity index (χ4n) is 3.21. The average Bonchev–Trinajstić information content (AvgIpc) is 2.65. The summed E-state index contributed by atoms with van der Waals surface area (Å²) in [6.45, 7) is 11.2. The predicted octanol–water partition coefficient (Wildman–Crippen LogP) is 3.75. The molecule has 1 aliphatic rings. The number of halogens is 3. The van der Waals surface area contributed by atoms with Crippen LogP contribution in [0.15, 0.2) is 6.20 Å². The van der Waals surface area contributed by atoms with Gasteiger partial charge in [0, 0.05) is 25.8 Å². The van der Waals surface area contributed by atoms with Crippen molar-refractivity contribution in [2.75, 3.05) is 31.1 Å². The number of alkyl halides is 3. The highest BCUT2D eigenvalue weighted by Gasteiger charge is 2.41. The van der Waals surface area contributed by atoms with Gasteiger partial charge in [0.1, 0.15) is 11.2 Å².